The second-order valence-electron chi connectivity index (χ2n) is 6.41. The molecule has 7 heteroatoms. The molecule has 126 valence electrons. The number of carbonyl (C=O) groups is 1. The van der Waals surface area contributed by atoms with Gasteiger partial charge in [0.15, 0.2) is 0 Å². The molecule has 1 aromatic heterocycles. The van der Waals surface area contributed by atoms with E-state index in [2.05, 4.69) is 37.6 Å². The largest absolute Gasteiger partial charge is 0.444 e. The normalized spacial score (nSPS) is 14.7. The number of ether oxygens (including phenoxy) is 1. The first kappa shape index (κ1) is 19.4. The quantitative estimate of drug-likeness (QED) is 0.780. The van der Waals surface area contributed by atoms with Crippen LogP contribution in [0.4, 0.5) is 4.79 Å². The first-order valence-electron chi connectivity index (χ1n) is 7.25. The highest BCUT2D eigenvalue weighted by Gasteiger charge is 2.24. The van der Waals surface area contributed by atoms with Crippen molar-refractivity contribution in [2.75, 3.05) is 13.6 Å². The highest BCUT2D eigenvalue weighted by Crippen LogP contribution is 2.22. The molecule has 0 saturated heterocycles. The summed E-state index contributed by atoms with van der Waals surface area (Å²) in [5.74, 6) is 0. The fourth-order valence-corrected chi connectivity index (χ4v) is 3.39. The van der Waals surface area contributed by atoms with Crippen molar-refractivity contribution in [2.45, 2.75) is 51.9 Å². The van der Waals surface area contributed by atoms with Crippen LogP contribution in [0.2, 0.25) is 0 Å². The number of carbonyl (C=O) groups excluding carboxylic acids is 1. The lowest BCUT2D eigenvalue weighted by Crippen LogP contribution is -2.53. The van der Waals surface area contributed by atoms with E-state index in [4.69, 9.17) is 10.5 Å². The van der Waals surface area contributed by atoms with E-state index < -0.39 is 11.7 Å². The molecule has 1 amide bonds. The summed E-state index contributed by atoms with van der Waals surface area (Å²) < 4.78 is 6.40. The fraction of sp³-hybridized carbons (Fsp3) is 0.667. The van der Waals surface area contributed by atoms with E-state index in [1.165, 1.54) is 5.56 Å². The van der Waals surface area contributed by atoms with E-state index in [9.17, 15) is 4.79 Å². The molecule has 1 heterocycles. The average molecular weight is 392 g/mol. The number of nitrogens with one attached hydrogen (secondary N) is 1. The Bertz CT molecular complexity index is 487. The third kappa shape index (κ3) is 6.64. The lowest BCUT2D eigenvalue weighted by molar-refractivity contribution is 0.0476. The molecule has 0 spiro atoms. The van der Waals surface area contributed by atoms with Gasteiger partial charge in [-0.15, -0.1) is 11.3 Å². The van der Waals surface area contributed by atoms with Crippen LogP contribution in [0.5, 0.6) is 0 Å². The summed E-state index contributed by atoms with van der Waals surface area (Å²) >= 11 is 5.13. The van der Waals surface area contributed by atoms with Gasteiger partial charge in [-0.2, -0.15) is 0 Å². The summed E-state index contributed by atoms with van der Waals surface area (Å²) in [6, 6.07) is 2.03. The first-order chi connectivity index (χ1) is 10.1. The van der Waals surface area contributed by atoms with Crippen LogP contribution < -0.4 is 11.1 Å². The number of hydrogen-bond donors (Lipinski definition) is 2. The summed E-state index contributed by atoms with van der Waals surface area (Å²) in [6.45, 7) is 8.72. The van der Waals surface area contributed by atoms with Gasteiger partial charge in [0.2, 0.25) is 0 Å². The molecule has 0 aromatic carbocycles. The minimum Gasteiger partial charge on any atom is -0.444 e. The monoisotopic (exact) mass is 391 g/mol. The van der Waals surface area contributed by atoms with Crippen LogP contribution >= 0.6 is 27.3 Å². The third-order valence-electron chi connectivity index (χ3n) is 3.18. The van der Waals surface area contributed by atoms with Crippen LogP contribution in [-0.2, 0) is 11.3 Å². The Labute approximate surface area is 145 Å². The Hall–Kier alpha value is -0.630. The molecule has 1 rings (SSSR count). The maximum absolute atomic E-state index is 11.9. The van der Waals surface area contributed by atoms with E-state index in [1.54, 1.807) is 11.3 Å². The molecule has 3 N–H and O–H groups in total. The van der Waals surface area contributed by atoms with Gasteiger partial charge in [0.1, 0.15) is 5.60 Å². The van der Waals surface area contributed by atoms with Gasteiger partial charge in [-0.05, 0) is 67.7 Å². The fourth-order valence-electron chi connectivity index (χ4n) is 2.19. The molecule has 0 saturated carbocycles. The van der Waals surface area contributed by atoms with Gasteiger partial charge in [-0.3, -0.25) is 4.90 Å². The summed E-state index contributed by atoms with van der Waals surface area (Å²) in [7, 11) is 2.01. The van der Waals surface area contributed by atoms with Gasteiger partial charge in [-0.1, -0.05) is 0 Å². The van der Waals surface area contributed by atoms with E-state index in [-0.39, 0.29) is 12.1 Å². The molecule has 0 bridgehead atoms. The van der Waals surface area contributed by atoms with Crippen LogP contribution in [0.15, 0.2) is 15.2 Å². The molecule has 0 aliphatic heterocycles. The molecular weight excluding hydrogens is 366 g/mol. The maximum Gasteiger partial charge on any atom is 0.407 e. The zero-order chi connectivity index (χ0) is 16.9. The summed E-state index contributed by atoms with van der Waals surface area (Å²) in [5, 5.41) is 4.98. The van der Waals surface area contributed by atoms with Crippen LogP contribution in [0.1, 0.15) is 33.3 Å². The Balaban J connectivity index is 2.59. The van der Waals surface area contributed by atoms with Crippen LogP contribution in [0.3, 0.4) is 0 Å². The lowest BCUT2D eigenvalue weighted by Gasteiger charge is -2.32. The van der Waals surface area contributed by atoms with Crippen molar-refractivity contribution in [2.24, 2.45) is 5.73 Å². The second kappa shape index (κ2) is 8.29. The molecule has 0 radical (unpaired) electrons. The third-order valence-corrected chi connectivity index (χ3v) is 4.74. The van der Waals surface area contributed by atoms with Crippen molar-refractivity contribution in [3.63, 3.8) is 0 Å². The van der Waals surface area contributed by atoms with Crippen LogP contribution in [0, 0.1) is 0 Å². The SMILES string of the molecule is CC(NC(=O)OC(C)(C)C)C(CN)N(C)Cc1csc(Br)c1. The molecule has 0 aliphatic rings. The number of thiophene rings is 1. The van der Waals surface area contributed by atoms with Gasteiger partial charge in [0.05, 0.1) is 3.79 Å². The number of alkyl carbamates (subject to hydrolysis) is 1. The molecule has 0 fully saturated rings. The molecule has 22 heavy (non-hydrogen) atoms. The Morgan fingerprint density at radius 2 is 2.18 bits per heavy atom. The van der Waals surface area contributed by atoms with Gasteiger partial charge in [0, 0.05) is 25.2 Å². The van der Waals surface area contributed by atoms with E-state index in [0.717, 1.165) is 10.3 Å². The molecule has 2 unspecified atom stereocenters. The minimum absolute atomic E-state index is 0.0335. The van der Waals surface area contributed by atoms with Crippen LogP contribution in [-0.4, -0.2) is 42.3 Å². The zero-order valence-electron chi connectivity index (χ0n) is 13.9. The van der Waals surface area contributed by atoms with Crippen molar-refractivity contribution < 1.29 is 9.53 Å². The summed E-state index contributed by atoms with van der Waals surface area (Å²) in [6.07, 6.45) is -0.412. The van der Waals surface area contributed by atoms with Gasteiger partial charge in [-0.25, -0.2) is 4.79 Å². The topological polar surface area (TPSA) is 67.6 Å². The second-order valence-corrected chi connectivity index (χ2v) is 8.70. The number of rotatable bonds is 6. The highest BCUT2D eigenvalue weighted by molar-refractivity contribution is 9.11. The summed E-state index contributed by atoms with van der Waals surface area (Å²) in [4.78, 5) is 14.0. The zero-order valence-corrected chi connectivity index (χ0v) is 16.3. The average Bonchev–Trinajstić information content (AvgIpc) is 2.72. The van der Waals surface area contributed by atoms with Gasteiger partial charge >= 0.3 is 6.09 Å². The van der Waals surface area contributed by atoms with E-state index in [1.807, 2.05) is 34.7 Å². The van der Waals surface area contributed by atoms with Crippen molar-refractivity contribution in [1.82, 2.24) is 10.2 Å². The predicted molar refractivity (Wildman–Crippen MR) is 95.2 cm³/mol. The number of nitrogens with two attached hydrogens (primary N) is 1. The molecule has 5 nitrogen and oxygen atoms in total. The maximum atomic E-state index is 11.9. The Morgan fingerprint density at radius 1 is 1.55 bits per heavy atom. The number of hydrogen-bond acceptors (Lipinski definition) is 5. The van der Waals surface area contributed by atoms with Gasteiger partial charge < -0.3 is 15.8 Å². The number of likely N-dealkylation sites (N-methyl/N-ethyl adjacent to an activating group) is 1. The van der Waals surface area contributed by atoms with Crippen molar-refractivity contribution >= 4 is 33.4 Å². The molecule has 0 aliphatic carbocycles. The van der Waals surface area contributed by atoms with Crippen LogP contribution in [0.25, 0.3) is 0 Å². The van der Waals surface area contributed by atoms with Crippen molar-refractivity contribution in [3.05, 3.63) is 20.8 Å². The van der Waals surface area contributed by atoms with E-state index >= 15 is 0 Å². The number of nitrogens with zero attached hydrogens (tertiary/aromatic N) is 1. The highest BCUT2D eigenvalue weighted by atomic mass is 79.9. The number of amides is 1. The molecule has 2 atom stereocenters. The van der Waals surface area contributed by atoms with Gasteiger partial charge in [0.25, 0.3) is 0 Å². The smallest absolute Gasteiger partial charge is 0.407 e. The molecule has 1 aromatic rings. The summed E-state index contributed by atoms with van der Waals surface area (Å²) in [5.41, 5.74) is 6.62. The minimum atomic E-state index is -0.503. The lowest BCUT2D eigenvalue weighted by atomic mass is 10.1. The van der Waals surface area contributed by atoms with Crippen molar-refractivity contribution in [1.29, 1.82) is 0 Å². The van der Waals surface area contributed by atoms with E-state index in [0.29, 0.717) is 6.54 Å². The molecular formula is C15H26BrN3O2S. The Kier molecular flexibility index (Phi) is 7.31. The van der Waals surface area contributed by atoms with Crippen molar-refractivity contribution in [3.8, 4) is 0 Å². The number of halogens is 1. The Morgan fingerprint density at radius 3 is 2.64 bits per heavy atom. The predicted octanol–water partition coefficient (Wildman–Crippen LogP) is 3.18. The first-order valence-corrected chi connectivity index (χ1v) is 8.92. The standard InChI is InChI=1S/C15H26BrN3O2S/c1-10(18-14(20)21-15(2,3)4)12(7-17)19(5)8-11-6-13(16)22-9-11/h6,9-10,12H,7-8,17H2,1-5H3,(H,18,20).